The van der Waals surface area contributed by atoms with Crippen molar-refractivity contribution in [1.29, 1.82) is 0 Å². The quantitative estimate of drug-likeness (QED) is 0.868. The molecule has 1 unspecified atom stereocenters. The van der Waals surface area contributed by atoms with Gasteiger partial charge >= 0.3 is 5.97 Å². The molecule has 21 heavy (non-hydrogen) atoms. The van der Waals surface area contributed by atoms with Crippen molar-refractivity contribution in [3.05, 3.63) is 11.4 Å². The molecule has 1 atom stereocenters. The maximum absolute atomic E-state index is 11.1. The highest BCUT2D eigenvalue weighted by Gasteiger charge is 2.41. The summed E-state index contributed by atoms with van der Waals surface area (Å²) in [5.74, 6) is -1.09. The number of aromatic nitrogens is 3. The Balaban J connectivity index is 1.69. The van der Waals surface area contributed by atoms with Crippen molar-refractivity contribution in [1.82, 2.24) is 15.0 Å². The Hall–Kier alpha value is -1.47. The summed E-state index contributed by atoms with van der Waals surface area (Å²) in [7, 11) is 0. The van der Waals surface area contributed by atoms with Gasteiger partial charge in [0.2, 0.25) is 0 Å². The SMILES string of the molecule is NCc1c(C(=O)O)nnn1CC1CCC2(CCCCC2)O1. The van der Waals surface area contributed by atoms with E-state index in [4.69, 9.17) is 15.6 Å². The van der Waals surface area contributed by atoms with Crippen molar-refractivity contribution in [3.8, 4) is 0 Å². The number of nitrogens with zero attached hydrogens (tertiary/aromatic N) is 3. The lowest BCUT2D eigenvalue weighted by molar-refractivity contribution is -0.0691. The topological polar surface area (TPSA) is 103 Å². The Morgan fingerprint density at radius 3 is 2.81 bits per heavy atom. The normalized spacial score (nSPS) is 24.5. The van der Waals surface area contributed by atoms with Crippen molar-refractivity contribution in [3.63, 3.8) is 0 Å². The molecule has 7 heteroatoms. The third-order valence-electron chi connectivity index (χ3n) is 4.71. The van der Waals surface area contributed by atoms with Gasteiger partial charge in [0.15, 0.2) is 5.69 Å². The lowest BCUT2D eigenvalue weighted by Crippen LogP contribution is -2.32. The Bertz CT molecular complexity index is 522. The number of ether oxygens (including phenoxy) is 1. The maximum atomic E-state index is 11.1. The molecular weight excluding hydrogens is 272 g/mol. The molecule has 1 aliphatic carbocycles. The molecule has 2 fully saturated rings. The summed E-state index contributed by atoms with van der Waals surface area (Å²) in [5.41, 5.74) is 6.11. The van der Waals surface area contributed by atoms with Crippen molar-refractivity contribution >= 4 is 5.97 Å². The Morgan fingerprint density at radius 2 is 2.14 bits per heavy atom. The third-order valence-corrected chi connectivity index (χ3v) is 4.71. The molecule has 1 saturated heterocycles. The zero-order valence-corrected chi connectivity index (χ0v) is 12.1. The second kappa shape index (κ2) is 5.73. The molecule has 7 nitrogen and oxygen atoms in total. The third kappa shape index (κ3) is 2.80. The van der Waals surface area contributed by atoms with Crippen LogP contribution in [-0.2, 0) is 17.8 Å². The van der Waals surface area contributed by atoms with Gasteiger partial charge in [-0.2, -0.15) is 0 Å². The minimum atomic E-state index is -1.09. The van der Waals surface area contributed by atoms with Crippen molar-refractivity contribution in [2.75, 3.05) is 0 Å². The smallest absolute Gasteiger partial charge is 0.358 e. The monoisotopic (exact) mass is 294 g/mol. The molecule has 0 aromatic carbocycles. The fourth-order valence-corrected chi connectivity index (χ4v) is 3.63. The van der Waals surface area contributed by atoms with E-state index in [0.717, 1.165) is 25.7 Å². The van der Waals surface area contributed by atoms with Crippen LogP contribution in [0.1, 0.15) is 61.1 Å². The molecule has 1 saturated carbocycles. The van der Waals surface area contributed by atoms with E-state index >= 15 is 0 Å². The van der Waals surface area contributed by atoms with Gasteiger partial charge in [-0.05, 0) is 25.7 Å². The fourth-order valence-electron chi connectivity index (χ4n) is 3.63. The highest BCUT2D eigenvalue weighted by atomic mass is 16.5. The summed E-state index contributed by atoms with van der Waals surface area (Å²) < 4.78 is 7.88. The zero-order valence-electron chi connectivity index (χ0n) is 12.1. The Morgan fingerprint density at radius 1 is 1.38 bits per heavy atom. The van der Waals surface area contributed by atoms with Gasteiger partial charge in [0.25, 0.3) is 0 Å². The van der Waals surface area contributed by atoms with Crippen molar-refractivity contribution < 1.29 is 14.6 Å². The summed E-state index contributed by atoms with van der Waals surface area (Å²) in [5, 5.41) is 16.7. The van der Waals surface area contributed by atoms with Crippen molar-refractivity contribution in [2.45, 2.75) is 69.7 Å². The van der Waals surface area contributed by atoms with Gasteiger partial charge in [-0.1, -0.05) is 24.5 Å². The number of rotatable bonds is 4. The number of carboxylic acid groups (broad SMARTS) is 1. The van der Waals surface area contributed by atoms with Gasteiger partial charge in [-0.3, -0.25) is 0 Å². The predicted octanol–water partition coefficient (Wildman–Crippen LogP) is 1.32. The van der Waals surface area contributed by atoms with Gasteiger partial charge in [0.1, 0.15) is 0 Å². The molecule has 0 amide bonds. The lowest BCUT2D eigenvalue weighted by atomic mass is 9.83. The van der Waals surface area contributed by atoms with E-state index in [-0.39, 0.29) is 23.9 Å². The largest absolute Gasteiger partial charge is 0.476 e. The molecular formula is C14H22N4O3. The highest BCUT2D eigenvalue weighted by Crippen LogP contribution is 2.42. The van der Waals surface area contributed by atoms with Gasteiger partial charge in [-0.15, -0.1) is 5.10 Å². The Kier molecular flexibility index (Phi) is 3.95. The summed E-state index contributed by atoms with van der Waals surface area (Å²) >= 11 is 0. The van der Waals surface area contributed by atoms with Crippen LogP contribution in [0.2, 0.25) is 0 Å². The van der Waals surface area contributed by atoms with E-state index in [1.54, 1.807) is 4.68 Å². The second-order valence-corrected chi connectivity index (χ2v) is 6.10. The molecule has 116 valence electrons. The maximum Gasteiger partial charge on any atom is 0.358 e. The highest BCUT2D eigenvalue weighted by molar-refractivity contribution is 5.86. The Labute approximate surface area is 123 Å². The first-order valence-electron chi connectivity index (χ1n) is 7.67. The van der Waals surface area contributed by atoms with E-state index in [0.29, 0.717) is 12.2 Å². The molecule has 3 N–H and O–H groups in total. The van der Waals surface area contributed by atoms with Crippen LogP contribution >= 0.6 is 0 Å². The minimum absolute atomic E-state index is 0.0529. The molecule has 2 aliphatic rings. The zero-order chi connectivity index (χ0) is 14.9. The number of hydrogen-bond donors (Lipinski definition) is 2. The minimum Gasteiger partial charge on any atom is -0.476 e. The molecule has 1 aromatic rings. The van der Waals surface area contributed by atoms with Crippen LogP contribution in [0.4, 0.5) is 0 Å². The molecule has 1 aliphatic heterocycles. The van der Waals surface area contributed by atoms with E-state index in [1.165, 1.54) is 19.3 Å². The van der Waals surface area contributed by atoms with Gasteiger partial charge in [0, 0.05) is 6.54 Å². The molecule has 0 radical (unpaired) electrons. The summed E-state index contributed by atoms with van der Waals surface area (Å²) in [6.07, 6.45) is 8.24. The van der Waals surface area contributed by atoms with E-state index in [2.05, 4.69) is 10.3 Å². The molecule has 1 aromatic heterocycles. The molecule has 1 spiro atoms. The van der Waals surface area contributed by atoms with Gasteiger partial charge < -0.3 is 15.6 Å². The fraction of sp³-hybridized carbons (Fsp3) is 0.786. The number of carboxylic acids is 1. The van der Waals surface area contributed by atoms with Crippen LogP contribution in [0.5, 0.6) is 0 Å². The predicted molar refractivity (Wildman–Crippen MR) is 74.8 cm³/mol. The number of carbonyl (C=O) groups is 1. The van der Waals surface area contributed by atoms with E-state index < -0.39 is 5.97 Å². The van der Waals surface area contributed by atoms with Crippen LogP contribution in [-0.4, -0.2) is 37.8 Å². The summed E-state index contributed by atoms with van der Waals surface area (Å²) in [6.45, 7) is 0.654. The van der Waals surface area contributed by atoms with Crippen molar-refractivity contribution in [2.24, 2.45) is 5.73 Å². The second-order valence-electron chi connectivity index (χ2n) is 6.10. The van der Waals surface area contributed by atoms with Crippen LogP contribution in [0.15, 0.2) is 0 Å². The number of hydrogen-bond acceptors (Lipinski definition) is 5. The average molecular weight is 294 g/mol. The average Bonchev–Trinajstić information content (AvgIpc) is 3.05. The lowest BCUT2D eigenvalue weighted by Gasteiger charge is -2.33. The molecule has 0 bridgehead atoms. The first-order chi connectivity index (χ1) is 10.1. The van der Waals surface area contributed by atoms with Gasteiger partial charge in [-0.25, -0.2) is 9.48 Å². The first kappa shape index (κ1) is 14.5. The van der Waals surface area contributed by atoms with Crippen LogP contribution in [0.3, 0.4) is 0 Å². The summed E-state index contributed by atoms with van der Waals surface area (Å²) in [6, 6.07) is 0. The first-order valence-corrected chi connectivity index (χ1v) is 7.67. The molecule has 2 heterocycles. The number of aromatic carboxylic acids is 1. The van der Waals surface area contributed by atoms with E-state index in [9.17, 15) is 4.79 Å². The standard InChI is InChI=1S/C14H22N4O3/c15-8-11-12(13(19)20)16-17-18(11)9-10-4-7-14(21-10)5-2-1-3-6-14/h10H,1-9,15H2,(H,19,20). The van der Waals surface area contributed by atoms with Crippen LogP contribution in [0.25, 0.3) is 0 Å². The van der Waals surface area contributed by atoms with Gasteiger partial charge in [0.05, 0.1) is 23.9 Å². The van der Waals surface area contributed by atoms with Crippen LogP contribution < -0.4 is 5.73 Å². The number of nitrogens with two attached hydrogens (primary N) is 1. The van der Waals surface area contributed by atoms with E-state index in [1.807, 2.05) is 0 Å². The summed E-state index contributed by atoms with van der Waals surface area (Å²) in [4.78, 5) is 11.1. The molecule has 3 rings (SSSR count). The van der Waals surface area contributed by atoms with Crippen LogP contribution in [0, 0.1) is 0 Å².